The zero-order valence-corrected chi connectivity index (χ0v) is 11.5. The van der Waals surface area contributed by atoms with E-state index in [-0.39, 0.29) is 0 Å². The number of benzene rings is 2. The average molecular weight is 273 g/mol. The van der Waals surface area contributed by atoms with Gasteiger partial charge in [0.2, 0.25) is 0 Å². The number of nitrogens with one attached hydrogen (secondary N) is 1. The maximum atomic E-state index is 9.09. The van der Waals surface area contributed by atoms with Crippen molar-refractivity contribution in [2.75, 3.05) is 12.4 Å². The third-order valence-corrected chi connectivity index (χ3v) is 3.02. The highest BCUT2D eigenvalue weighted by molar-refractivity contribution is 6.32. The van der Waals surface area contributed by atoms with Crippen LogP contribution in [-0.4, -0.2) is 7.11 Å². The van der Waals surface area contributed by atoms with Gasteiger partial charge < -0.3 is 10.1 Å². The van der Waals surface area contributed by atoms with E-state index in [0.717, 1.165) is 16.9 Å². The molecule has 0 saturated carbocycles. The van der Waals surface area contributed by atoms with Gasteiger partial charge in [-0.1, -0.05) is 17.7 Å². The first-order valence-corrected chi connectivity index (χ1v) is 6.13. The van der Waals surface area contributed by atoms with Crippen LogP contribution in [-0.2, 0) is 0 Å². The molecule has 2 rings (SSSR count). The van der Waals surface area contributed by atoms with Crippen molar-refractivity contribution in [2.45, 2.75) is 6.92 Å². The van der Waals surface area contributed by atoms with Crippen LogP contribution in [0.15, 0.2) is 36.4 Å². The molecule has 2 aromatic carbocycles. The van der Waals surface area contributed by atoms with E-state index in [4.69, 9.17) is 21.6 Å². The van der Waals surface area contributed by atoms with Gasteiger partial charge in [-0.05, 0) is 42.8 Å². The Morgan fingerprint density at radius 1 is 1.21 bits per heavy atom. The molecular weight excluding hydrogens is 260 g/mol. The number of aryl methyl sites for hydroxylation is 1. The Labute approximate surface area is 117 Å². The minimum Gasteiger partial charge on any atom is -0.495 e. The molecule has 1 N–H and O–H groups in total. The summed E-state index contributed by atoms with van der Waals surface area (Å²) in [5.41, 5.74) is 3.26. The average Bonchev–Trinajstić information content (AvgIpc) is 2.39. The predicted octanol–water partition coefficient (Wildman–Crippen LogP) is 4.27. The zero-order valence-electron chi connectivity index (χ0n) is 10.7. The predicted molar refractivity (Wildman–Crippen MR) is 77.2 cm³/mol. The van der Waals surface area contributed by atoms with Crippen LogP contribution in [0.3, 0.4) is 0 Å². The molecule has 4 heteroatoms. The summed E-state index contributed by atoms with van der Waals surface area (Å²) in [5, 5.41) is 12.8. The number of hydrogen-bond donors (Lipinski definition) is 1. The lowest BCUT2D eigenvalue weighted by atomic mass is 10.1. The van der Waals surface area contributed by atoms with Crippen LogP contribution in [0.4, 0.5) is 11.4 Å². The molecule has 0 bridgehead atoms. The molecule has 0 aliphatic heterocycles. The van der Waals surface area contributed by atoms with Crippen LogP contribution >= 0.6 is 11.6 Å². The number of methoxy groups -OCH3 is 1. The number of ether oxygens (including phenoxy) is 1. The summed E-state index contributed by atoms with van der Waals surface area (Å²) in [6.07, 6.45) is 0. The maximum absolute atomic E-state index is 9.09. The van der Waals surface area contributed by atoms with Crippen LogP contribution in [0, 0.1) is 18.3 Å². The molecule has 0 unspecified atom stereocenters. The topological polar surface area (TPSA) is 45.0 Å². The monoisotopic (exact) mass is 272 g/mol. The van der Waals surface area contributed by atoms with Crippen molar-refractivity contribution in [3.63, 3.8) is 0 Å². The summed E-state index contributed by atoms with van der Waals surface area (Å²) in [5.74, 6) is 0.622. The quantitative estimate of drug-likeness (QED) is 0.907. The largest absolute Gasteiger partial charge is 0.495 e. The Bertz CT molecular complexity index is 647. The smallest absolute Gasteiger partial charge is 0.137 e. The van der Waals surface area contributed by atoms with E-state index in [1.807, 2.05) is 25.1 Å². The molecule has 0 radical (unpaired) electrons. The fraction of sp³-hybridized carbons (Fsp3) is 0.133. The maximum Gasteiger partial charge on any atom is 0.137 e. The van der Waals surface area contributed by atoms with E-state index in [1.54, 1.807) is 25.3 Å². The second-order valence-corrected chi connectivity index (χ2v) is 4.54. The molecule has 0 spiro atoms. The van der Waals surface area contributed by atoms with Crippen molar-refractivity contribution in [1.29, 1.82) is 5.26 Å². The molecule has 2 aromatic rings. The highest BCUT2D eigenvalue weighted by Crippen LogP contribution is 2.29. The Morgan fingerprint density at radius 3 is 2.63 bits per heavy atom. The third-order valence-electron chi connectivity index (χ3n) is 2.73. The number of nitriles is 1. The van der Waals surface area contributed by atoms with Crippen LogP contribution < -0.4 is 10.1 Å². The summed E-state index contributed by atoms with van der Waals surface area (Å²) in [7, 11) is 1.57. The molecule has 0 aliphatic rings. The molecule has 0 aromatic heterocycles. The second kappa shape index (κ2) is 5.64. The lowest BCUT2D eigenvalue weighted by Crippen LogP contribution is -1.95. The van der Waals surface area contributed by atoms with E-state index >= 15 is 0 Å². The molecule has 0 amide bonds. The third kappa shape index (κ3) is 2.98. The van der Waals surface area contributed by atoms with Crippen LogP contribution in [0.2, 0.25) is 5.02 Å². The lowest BCUT2D eigenvalue weighted by molar-refractivity contribution is 0.415. The molecule has 0 saturated heterocycles. The first-order valence-electron chi connectivity index (χ1n) is 5.75. The Kier molecular flexibility index (Phi) is 3.94. The molecule has 0 fully saturated rings. The number of rotatable bonds is 3. The Hall–Kier alpha value is -2.18. The highest BCUT2D eigenvalue weighted by Gasteiger charge is 2.05. The molecular formula is C15H13ClN2O. The van der Waals surface area contributed by atoms with Crippen molar-refractivity contribution < 1.29 is 4.74 Å². The van der Waals surface area contributed by atoms with E-state index in [0.29, 0.717) is 16.3 Å². The van der Waals surface area contributed by atoms with E-state index in [2.05, 4.69) is 11.4 Å². The van der Waals surface area contributed by atoms with Crippen molar-refractivity contribution >= 4 is 23.0 Å². The van der Waals surface area contributed by atoms with Gasteiger partial charge in [0.1, 0.15) is 11.8 Å². The normalized spacial score (nSPS) is 9.79. The lowest BCUT2D eigenvalue weighted by Gasteiger charge is -2.11. The fourth-order valence-corrected chi connectivity index (χ4v) is 2.02. The molecule has 0 aliphatic carbocycles. The number of hydrogen-bond acceptors (Lipinski definition) is 3. The molecule has 96 valence electrons. The number of halogens is 1. The Balaban J connectivity index is 2.34. The van der Waals surface area contributed by atoms with Gasteiger partial charge in [0.05, 0.1) is 23.4 Å². The van der Waals surface area contributed by atoms with Crippen molar-refractivity contribution in [3.8, 4) is 11.8 Å². The number of anilines is 2. The van der Waals surface area contributed by atoms with Gasteiger partial charge in [0.15, 0.2) is 0 Å². The van der Waals surface area contributed by atoms with Crippen LogP contribution in [0.5, 0.6) is 5.75 Å². The summed E-state index contributed by atoms with van der Waals surface area (Å²) in [6, 6.07) is 13.2. The van der Waals surface area contributed by atoms with Gasteiger partial charge in [-0.2, -0.15) is 5.26 Å². The van der Waals surface area contributed by atoms with Gasteiger partial charge in [-0.15, -0.1) is 0 Å². The summed E-state index contributed by atoms with van der Waals surface area (Å²) < 4.78 is 5.10. The minimum absolute atomic E-state index is 0.527. The van der Waals surface area contributed by atoms with Crippen molar-refractivity contribution in [3.05, 3.63) is 52.5 Å². The highest BCUT2D eigenvalue weighted by atomic mass is 35.5. The van der Waals surface area contributed by atoms with Gasteiger partial charge in [-0.3, -0.25) is 0 Å². The summed E-state index contributed by atoms with van der Waals surface area (Å²) in [6.45, 7) is 1.98. The van der Waals surface area contributed by atoms with Gasteiger partial charge in [0, 0.05) is 5.69 Å². The minimum atomic E-state index is 0.527. The van der Waals surface area contributed by atoms with Crippen LogP contribution in [0.25, 0.3) is 0 Å². The SMILES string of the molecule is COc1ccc(Nc2cc(C)ccc2C#N)cc1Cl. The van der Waals surface area contributed by atoms with Crippen molar-refractivity contribution in [2.24, 2.45) is 0 Å². The summed E-state index contributed by atoms with van der Waals surface area (Å²) >= 11 is 6.07. The van der Waals surface area contributed by atoms with E-state index in [1.165, 1.54) is 0 Å². The molecule has 19 heavy (non-hydrogen) atoms. The first-order chi connectivity index (χ1) is 9.13. The number of nitrogens with zero attached hydrogens (tertiary/aromatic N) is 1. The fourth-order valence-electron chi connectivity index (χ4n) is 1.76. The van der Waals surface area contributed by atoms with E-state index in [9.17, 15) is 0 Å². The van der Waals surface area contributed by atoms with Crippen molar-refractivity contribution in [1.82, 2.24) is 0 Å². The van der Waals surface area contributed by atoms with Gasteiger partial charge in [0.25, 0.3) is 0 Å². The summed E-state index contributed by atoms with van der Waals surface area (Å²) in [4.78, 5) is 0. The van der Waals surface area contributed by atoms with Gasteiger partial charge in [-0.25, -0.2) is 0 Å². The molecule has 0 heterocycles. The Morgan fingerprint density at radius 2 is 2.00 bits per heavy atom. The second-order valence-electron chi connectivity index (χ2n) is 4.14. The standard InChI is InChI=1S/C15H13ClN2O/c1-10-3-4-11(9-17)14(7-10)18-12-5-6-15(19-2)13(16)8-12/h3-8,18H,1-2H3. The van der Waals surface area contributed by atoms with Crippen LogP contribution in [0.1, 0.15) is 11.1 Å². The van der Waals surface area contributed by atoms with Gasteiger partial charge >= 0.3 is 0 Å². The molecule has 0 atom stereocenters. The molecule has 3 nitrogen and oxygen atoms in total. The first kappa shape index (κ1) is 13.3. The zero-order chi connectivity index (χ0) is 13.8. The van der Waals surface area contributed by atoms with E-state index < -0.39 is 0 Å².